The van der Waals surface area contributed by atoms with E-state index in [0.29, 0.717) is 0 Å². The van der Waals surface area contributed by atoms with Crippen molar-refractivity contribution in [3.05, 3.63) is 145 Å². The number of hydrogen-bond acceptors (Lipinski definition) is 0. The molecule has 0 nitrogen and oxygen atoms in total. The third-order valence-corrected chi connectivity index (χ3v) is 9.18. The van der Waals surface area contributed by atoms with Crippen molar-refractivity contribution >= 4 is 21.5 Å². The molecule has 0 radical (unpaired) electrons. The fraction of sp³-hybridized carbons (Fsp3) is 0.220. The van der Waals surface area contributed by atoms with Gasteiger partial charge >= 0.3 is 25.8 Å². The van der Waals surface area contributed by atoms with E-state index in [-0.39, 0.29) is 46.1 Å². The van der Waals surface area contributed by atoms with E-state index in [1.807, 2.05) is 0 Å². The van der Waals surface area contributed by atoms with E-state index in [1.54, 1.807) is 0 Å². The molecule has 0 amide bonds. The zero-order chi connectivity index (χ0) is 27.3. The van der Waals surface area contributed by atoms with Crippen LogP contribution in [0.3, 0.4) is 0 Å². The Bertz CT molecular complexity index is 1690. The molecule has 0 atom stereocenters. The summed E-state index contributed by atoms with van der Waals surface area (Å²) in [6.45, 7) is 13.5. The number of rotatable bonds is 6. The van der Waals surface area contributed by atoms with Crippen LogP contribution in [0.5, 0.6) is 0 Å². The molecule has 0 aliphatic rings. The predicted octanol–water partition coefficient (Wildman–Crippen LogP) is 12.0. The zero-order valence-corrected chi connectivity index (χ0v) is 30.2. The Morgan fingerprint density at radius 3 is 1.31 bits per heavy atom. The Hall–Kier alpha value is -3.03. The van der Waals surface area contributed by atoms with Gasteiger partial charge in [0.15, 0.2) is 0 Å². The SMILES string of the molecule is CCC(CC)(c1cc2c(-c3cc(C)ccc3C)cccc2[cH-]1)c1cc2c(-c3cc(C)ccc3C)cccc2[cH-]1.[CH3-].[CH3-].[Hf+4]. The van der Waals surface area contributed by atoms with E-state index < -0.39 is 0 Å². The van der Waals surface area contributed by atoms with Crippen LogP contribution in [0.1, 0.15) is 60.1 Å². The summed E-state index contributed by atoms with van der Waals surface area (Å²) >= 11 is 0. The Labute approximate surface area is 273 Å². The molecule has 0 bridgehead atoms. The van der Waals surface area contributed by atoms with Crippen LogP contribution < -0.4 is 0 Å². The van der Waals surface area contributed by atoms with E-state index in [9.17, 15) is 0 Å². The summed E-state index contributed by atoms with van der Waals surface area (Å²) in [5.74, 6) is 0. The maximum Gasteiger partial charge on any atom is 4.00 e. The molecule has 0 unspecified atom stereocenters. The van der Waals surface area contributed by atoms with Crippen LogP contribution >= 0.6 is 0 Å². The summed E-state index contributed by atoms with van der Waals surface area (Å²) in [6.07, 6.45) is 2.13. The van der Waals surface area contributed by atoms with Gasteiger partial charge in [-0.05, 0) is 68.2 Å². The maximum absolute atomic E-state index is 2.49. The first kappa shape index (κ1) is 33.5. The van der Waals surface area contributed by atoms with Crippen LogP contribution in [0.4, 0.5) is 0 Å². The minimum Gasteiger partial charge on any atom is -0.358 e. The third-order valence-electron chi connectivity index (χ3n) is 9.18. The van der Waals surface area contributed by atoms with Crippen molar-refractivity contribution in [2.45, 2.75) is 59.8 Å². The van der Waals surface area contributed by atoms with Crippen molar-refractivity contribution in [3.8, 4) is 22.3 Å². The summed E-state index contributed by atoms with van der Waals surface area (Å²) in [7, 11) is 0. The predicted molar refractivity (Wildman–Crippen MR) is 183 cm³/mol. The van der Waals surface area contributed by atoms with Gasteiger partial charge in [-0.1, -0.05) is 84.6 Å². The molecule has 0 N–H and O–H groups in total. The minimum absolute atomic E-state index is 0. The van der Waals surface area contributed by atoms with Crippen LogP contribution in [0.15, 0.2) is 97.1 Å². The van der Waals surface area contributed by atoms with Crippen molar-refractivity contribution in [3.63, 3.8) is 0 Å². The number of fused-ring (bicyclic) bond motifs is 2. The topological polar surface area (TPSA) is 0 Å². The third kappa shape index (κ3) is 5.53. The van der Waals surface area contributed by atoms with E-state index in [0.717, 1.165) is 12.8 Å². The summed E-state index contributed by atoms with van der Waals surface area (Å²) in [5.41, 5.74) is 13.5. The number of aryl methyl sites for hydroxylation is 4. The van der Waals surface area contributed by atoms with Crippen LogP contribution in [0, 0.1) is 42.5 Å². The van der Waals surface area contributed by atoms with Gasteiger partial charge < -0.3 is 14.9 Å². The van der Waals surface area contributed by atoms with Gasteiger partial charge in [0.25, 0.3) is 0 Å². The van der Waals surface area contributed by atoms with Crippen LogP contribution in [-0.4, -0.2) is 0 Å². The molecular formula is C41H44Hf. The quantitative estimate of drug-likeness (QED) is 0.119. The molecule has 0 spiro atoms. The fourth-order valence-corrected chi connectivity index (χ4v) is 6.78. The van der Waals surface area contributed by atoms with E-state index in [1.165, 1.54) is 77.2 Å². The zero-order valence-electron chi connectivity index (χ0n) is 26.7. The smallest absolute Gasteiger partial charge is 0.358 e. The van der Waals surface area contributed by atoms with Gasteiger partial charge in [0.05, 0.1) is 0 Å². The van der Waals surface area contributed by atoms with Gasteiger partial charge in [-0.3, -0.25) is 0 Å². The summed E-state index contributed by atoms with van der Waals surface area (Å²) in [6, 6.07) is 37.1. The van der Waals surface area contributed by atoms with E-state index >= 15 is 0 Å². The van der Waals surface area contributed by atoms with E-state index in [2.05, 4.69) is 139 Å². The first-order valence-electron chi connectivity index (χ1n) is 14.4. The molecule has 42 heavy (non-hydrogen) atoms. The maximum atomic E-state index is 2.49. The molecule has 0 aliphatic carbocycles. The molecule has 212 valence electrons. The summed E-state index contributed by atoms with van der Waals surface area (Å²) < 4.78 is 0. The Balaban J connectivity index is 0.00000161. The molecule has 0 heterocycles. The average molecular weight is 715 g/mol. The van der Waals surface area contributed by atoms with Gasteiger partial charge in [0, 0.05) is 0 Å². The molecule has 6 aromatic rings. The second-order valence-electron chi connectivity index (χ2n) is 11.5. The van der Waals surface area contributed by atoms with Crippen molar-refractivity contribution in [1.29, 1.82) is 0 Å². The normalized spacial score (nSPS) is 11.2. The van der Waals surface area contributed by atoms with Gasteiger partial charge in [0.1, 0.15) is 0 Å². The van der Waals surface area contributed by atoms with Gasteiger partial charge in [-0.15, -0.1) is 69.1 Å². The summed E-state index contributed by atoms with van der Waals surface area (Å²) in [4.78, 5) is 0. The van der Waals surface area contributed by atoms with Gasteiger partial charge in [0.2, 0.25) is 0 Å². The second-order valence-corrected chi connectivity index (χ2v) is 11.5. The van der Waals surface area contributed by atoms with Crippen LogP contribution in [0.2, 0.25) is 0 Å². The molecule has 0 saturated heterocycles. The molecule has 0 aliphatic heterocycles. The molecule has 1 heteroatoms. The first-order chi connectivity index (χ1) is 18.8. The monoisotopic (exact) mass is 716 g/mol. The summed E-state index contributed by atoms with van der Waals surface area (Å²) in [5, 5.41) is 5.39. The molecule has 0 saturated carbocycles. The fourth-order valence-electron chi connectivity index (χ4n) is 6.78. The average Bonchev–Trinajstić information content (AvgIpc) is 3.58. The number of benzene rings is 4. The van der Waals surface area contributed by atoms with Gasteiger partial charge in [-0.2, -0.15) is 12.1 Å². The van der Waals surface area contributed by atoms with Crippen LogP contribution in [0.25, 0.3) is 43.8 Å². The van der Waals surface area contributed by atoms with Crippen LogP contribution in [-0.2, 0) is 31.3 Å². The van der Waals surface area contributed by atoms with Crippen molar-refractivity contribution in [2.75, 3.05) is 0 Å². The molecular weight excluding hydrogens is 671 g/mol. The molecule has 6 aromatic carbocycles. The largest absolute Gasteiger partial charge is 4.00 e. The Kier molecular flexibility index (Phi) is 10.4. The van der Waals surface area contributed by atoms with Crippen molar-refractivity contribution in [2.24, 2.45) is 0 Å². The molecule has 0 fully saturated rings. The van der Waals surface area contributed by atoms with E-state index in [4.69, 9.17) is 0 Å². The van der Waals surface area contributed by atoms with Crippen molar-refractivity contribution < 1.29 is 25.8 Å². The first-order valence-corrected chi connectivity index (χ1v) is 14.4. The molecule has 6 rings (SSSR count). The van der Waals surface area contributed by atoms with Crippen molar-refractivity contribution in [1.82, 2.24) is 0 Å². The number of hydrogen-bond donors (Lipinski definition) is 0. The minimum atomic E-state index is -0.0319. The Morgan fingerprint density at radius 2 is 0.929 bits per heavy atom. The van der Waals surface area contributed by atoms with Gasteiger partial charge in [-0.25, -0.2) is 0 Å². The standard InChI is InChI=1S/C39H38.2CH3.Hf/c1-7-39(8-2,31-21-29-11-9-13-33(37(29)23-31)35-19-25(3)15-17-27(35)5)32-22-30-12-10-14-34(38(30)24-32)36-20-26(4)16-18-28(36)6;;;/h9-24H,7-8H2,1-6H3;2*1H3;/q-2;2*-1;+4. The second kappa shape index (κ2) is 13.1. The Morgan fingerprint density at radius 1 is 0.524 bits per heavy atom. The molecule has 0 aromatic heterocycles.